The molecule has 2 aromatic carbocycles. The van der Waals surface area contributed by atoms with Crippen LogP contribution in [0.1, 0.15) is 31.1 Å². The average Bonchev–Trinajstić information content (AvgIpc) is 2.72. The van der Waals surface area contributed by atoms with E-state index in [0.29, 0.717) is 37.4 Å². The lowest BCUT2D eigenvalue weighted by Gasteiger charge is -2.37. The van der Waals surface area contributed by atoms with Gasteiger partial charge < -0.3 is 19.9 Å². The van der Waals surface area contributed by atoms with Crippen molar-refractivity contribution in [2.75, 3.05) is 42.7 Å². The van der Waals surface area contributed by atoms with E-state index in [1.807, 2.05) is 45.0 Å². The zero-order valence-electron chi connectivity index (χ0n) is 18.8. The predicted octanol–water partition coefficient (Wildman–Crippen LogP) is 3.40. The molecule has 172 valence electrons. The van der Waals surface area contributed by atoms with Gasteiger partial charge in [0.1, 0.15) is 5.60 Å². The molecule has 1 saturated heterocycles. The topological polar surface area (TPSA) is 96.0 Å². The Morgan fingerprint density at radius 3 is 2.09 bits per heavy atom. The van der Waals surface area contributed by atoms with Gasteiger partial charge in [0.25, 0.3) is 5.91 Å². The van der Waals surface area contributed by atoms with Crippen molar-refractivity contribution in [2.24, 2.45) is 0 Å². The van der Waals surface area contributed by atoms with Gasteiger partial charge in [0, 0.05) is 38.0 Å². The van der Waals surface area contributed by atoms with Crippen molar-refractivity contribution in [1.29, 1.82) is 0 Å². The van der Waals surface area contributed by atoms with Crippen LogP contribution >= 0.6 is 0 Å². The van der Waals surface area contributed by atoms with Gasteiger partial charge in [-0.15, -0.1) is 0 Å². The summed E-state index contributed by atoms with van der Waals surface area (Å²) in [5.74, 6) is -0.329. The first kappa shape index (κ1) is 23.6. The number of nitrogens with one attached hydrogen (secondary N) is 1. The van der Waals surface area contributed by atoms with E-state index in [1.165, 1.54) is 24.3 Å². The first-order valence-corrected chi connectivity index (χ1v) is 12.3. The second-order valence-corrected chi connectivity index (χ2v) is 10.7. The highest BCUT2D eigenvalue weighted by Crippen LogP contribution is 2.27. The number of piperazine rings is 1. The minimum atomic E-state index is -3.32. The molecule has 0 unspecified atom stereocenters. The third-order valence-electron chi connectivity index (χ3n) is 4.97. The zero-order valence-corrected chi connectivity index (χ0v) is 19.6. The first-order chi connectivity index (χ1) is 14.9. The maximum Gasteiger partial charge on any atom is 0.410 e. The summed E-state index contributed by atoms with van der Waals surface area (Å²) in [6, 6.07) is 13.3. The number of ether oxygens (including phenoxy) is 1. The lowest BCUT2D eigenvalue weighted by Crippen LogP contribution is -2.50. The Morgan fingerprint density at radius 1 is 0.938 bits per heavy atom. The molecule has 0 saturated carbocycles. The van der Waals surface area contributed by atoms with E-state index >= 15 is 0 Å². The molecule has 1 fully saturated rings. The third kappa shape index (κ3) is 6.00. The molecule has 0 atom stereocenters. The lowest BCUT2D eigenvalue weighted by molar-refractivity contribution is 0.0240. The van der Waals surface area contributed by atoms with Crippen LogP contribution in [-0.4, -0.2) is 63.4 Å². The van der Waals surface area contributed by atoms with Crippen molar-refractivity contribution in [3.8, 4) is 0 Å². The maximum atomic E-state index is 12.7. The summed E-state index contributed by atoms with van der Waals surface area (Å²) < 4.78 is 28.7. The minimum absolute atomic E-state index is 0.164. The van der Waals surface area contributed by atoms with Gasteiger partial charge in [-0.25, -0.2) is 13.2 Å². The molecule has 0 spiro atoms. The number of para-hydroxylation sites is 2. The molecule has 3 rings (SSSR count). The van der Waals surface area contributed by atoms with E-state index in [-0.39, 0.29) is 16.9 Å². The second-order valence-electron chi connectivity index (χ2n) is 8.72. The van der Waals surface area contributed by atoms with Gasteiger partial charge in [0.05, 0.1) is 16.3 Å². The fourth-order valence-electron chi connectivity index (χ4n) is 3.36. The lowest BCUT2D eigenvalue weighted by atomic mass is 10.1. The van der Waals surface area contributed by atoms with Crippen molar-refractivity contribution >= 4 is 33.2 Å². The highest BCUT2D eigenvalue weighted by molar-refractivity contribution is 7.90. The number of carbonyl (C=O) groups excluding carboxylic acids is 2. The molecule has 0 radical (unpaired) electrons. The van der Waals surface area contributed by atoms with Crippen LogP contribution in [0.25, 0.3) is 0 Å². The van der Waals surface area contributed by atoms with Gasteiger partial charge in [0.2, 0.25) is 0 Å². The Labute approximate surface area is 189 Å². The minimum Gasteiger partial charge on any atom is -0.444 e. The molecule has 1 aliphatic rings. The van der Waals surface area contributed by atoms with E-state index in [1.54, 1.807) is 4.90 Å². The molecule has 32 heavy (non-hydrogen) atoms. The molecular weight excluding hydrogens is 430 g/mol. The normalized spacial score (nSPS) is 14.8. The number of hydrogen-bond acceptors (Lipinski definition) is 6. The molecule has 0 aromatic heterocycles. The van der Waals surface area contributed by atoms with E-state index in [0.717, 1.165) is 11.9 Å². The summed E-state index contributed by atoms with van der Waals surface area (Å²) in [6.07, 6.45) is 0.803. The van der Waals surface area contributed by atoms with Gasteiger partial charge in [-0.05, 0) is 57.2 Å². The highest BCUT2D eigenvalue weighted by atomic mass is 32.2. The number of sulfone groups is 1. The van der Waals surface area contributed by atoms with Crippen LogP contribution in [0, 0.1) is 0 Å². The average molecular weight is 460 g/mol. The number of nitrogens with zero attached hydrogens (tertiary/aromatic N) is 2. The van der Waals surface area contributed by atoms with Crippen LogP contribution < -0.4 is 10.2 Å². The van der Waals surface area contributed by atoms with Gasteiger partial charge >= 0.3 is 6.09 Å². The number of anilines is 2. The van der Waals surface area contributed by atoms with Crippen LogP contribution in [0.3, 0.4) is 0 Å². The van der Waals surface area contributed by atoms with Crippen LogP contribution in [0.5, 0.6) is 0 Å². The number of hydrogen-bond donors (Lipinski definition) is 1. The molecule has 9 heteroatoms. The highest BCUT2D eigenvalue weighted by Gasteiger charge is 2.26. The number of carbonyl (C=O) groups is 2. The second kappa shape index (κ2) is 9.20. The fourth-order valence-corrected chi connectivity index (χ4v) is 3.99. The standard InChI is InChI=1S/C23H29N3O5S/c1-23(2,3)31-22(28)26-15-13-25(14-16-26)20-8-6-5-7-19(20)24-21(27)17-9-11-18(12-10-17)32(4,29)30/h5-12H,13-16H2,1-4H3,(H,24,27). The number of amides is 2. The van der Waals surface area contributed by atoms with Crippen LogP contribution in [0.4, 0.5) is 16.2 Å². The van der Waals surface area contributed by atoms with Crippen molar-refractivity contribution in [3.05, 3.63) is 54.1 Å². The van der Waals surface area contributed by atoms with Crippen molar-refractivity contribution < 1.29 is 22.7 Å². The first-order valence-electron chi connectivity index (χ1n) is 10.4. The van der Waals surface area contributed by atoms with Crippen molar-refractivity contribution in [2.45, 2.75) is 31.3 Å². The van der Waals surface area contributed by atoms with Crippen LogP contribution in [0.15, 0.2) is 53.4 Å². The fraction of sp³-hybridized carbons (Fsp3) is 0.391. The molecule has 8 nitrogen and oxygen atoms in total. The maximum absolute atomic E-state index is 12.7. The van der Waals surface area contributed by atoms with Crippen LogP contribution in [0.2, 0.25) is 0 Å². The number of benzene rings is 2. The molecule has 1 N–H and O–H groups in total. The van der Waals surface area contributed by atoms with Gasteiger partial charge in [0.15, 0.2) is 9.84 Å². The van der Waals surface area contributed by atoms with Crippen molar-refractivity contribution in [3.63, 3.8) is 0 Å². The molecule has 1 heterocycles. The van der Waals surface area contributed by atoms with Gasteiger partial charge in [-0.1, -0.05) is 12.1 Å². The molecule has 0 bridgehead atoms. The summed E-state index contributed by atoms with van der Waals surface area (Å²) >= 11 is 0. The Kier molecular flexibility index (Phi) is 6.78. The summed E-state index contributed by atoms with van der Waals surface area (Å²) in [5, 5.41) is 2.91. The largest absolute Gasteiger partial charge is 0.444 e. The Balaban J connectivity index is 1.68. The molecule has 1 aliphatic heterocycles. The Bertz CT molecular complexity index is 1080. The Morgan fingerprint density at radius 2 is 1.53 bits per heavy atom. The molecule has 0 aliphatic carbocycles. The smallest absolute Gasteiger partial charge is 0.410 e. The predicted molar refractivity (Wildman–Crippen MR) is 124 cm³/mol. The van der Waals surface area contributed by atoms with E-state index in [4.69, 9.17) is 4.74 Å². The monoisotopic (exact) mass is 459 g/mol. The molecular formula is C23H29N3O5S. The van der Waals surface area contributed by atoms with Crippen molar-refractivity contribution in [1.82, 2.24) is 4.90 Å². The summed E-state index contributed by atoms with van der Waals surface area (Å²) in [7, 11) is -3.32. The summed E-state index contributed by atoms with van der Waals surface area (Å²) in [6.45, 7) is 7.77. The zero-order chi connectivity index (χ0) is 23.5. The van der Waals surface area contributed by atoms with Gasteiger partial charge in [-0.2, -0.15) is 0 Å². The van der Waals surface area contributed by atoms with E-state index in [2.05, 4.69) is 10.2 Å². The van der Waals surface area contributed by atoms with E-state index < -0.39 is 15.4 Å². The van der Waals surface area contributed by atoms with Gasteiger partial charge in [-0.3, -0.25) is 4.79 Å². The number of rotatable bonds is 4. The SMILES string of the molecule is CC(C)(C)OC(=O)N1CCN(c2ccccc2NC(=O)c2ccc(S(C)(=O)=O)cc2)CC1. The van der Waals surface area contributed by atoms with Crippen LogP contribution in [-0.2, 0) is 14.6 Å². The Hall–Kier alpha value is -3.07. The summed E-state index contributed by atoms with van der Waals surface area (Å²) in [5.41, 5.74) is 1.33. The molecule has 2 aromatic rings. The third-order valence-corrected chi connectivity index (χ3v) is 6.10. The quantitative estimate of drug-likeness (QED) is 0.753. The molecule has 2 amide bonds. The summed E-state index contributed by atoms with van der Waals surface area (Å²) in [4.78, 5) is 29.0. The van der Waals surface area contributed by atoms with E-state index in [9.17, 15) is 18.0 Å².